The zero-order valence-electron chi connectivity index (χ0n) is 19.8. The third-order valence-corrected chi connectivity index (χ3v) is 8.02. The molecule has 3 saturated carbocycles. The molecule has 0 unspecified atom stereocenters. The number of aromatic nitrogens is 4. The maximum absolute atomic E-state index is 12.8. The van der Waals surface area contributed by atoms with Crippen molar-refractivity contribution in [2.75, 3.05) is 24.3 Å². The molecule has 33 heavy (non-hydrogen) atoms. The highest BCUT2D eigenvalue weighted by Gasteiger charge is 2.56. The van der Waals surface area contributed by atoms with Crippen LogP contribution in [0, 0.1) is 23.2 Å². The highest BCUT2D eigenvalue weighted by Crippen LogP contribution is 2.61. The van der Waals surface area contributed by atoms with Crippen LogP contribution in [0.2, 0.25) is 5.02 Å². The Hall–Kier alpha value is -2.68. The molecular formula is C23H32ClN7O2. The van der Waals surface area contributed by atoms with Crippen molar-refractivity contribution < 1.29 is 4.79 Å². The normalized spacial score (nSPS) is 25.2. The summed E-state index contributed by atoms with van der Waals surface area (Å²) >= 11 is 6.39. The molecule has 3 aliphatic rings. The number of rotatable bonds is 7. The Balaban J connectivity index is 1.39. The minimum atomic E-state index is -0.481. The van der Waals surface area contributed by atoms with Crippen molar-refractivity contribution in [1.29, 1.82) is 0 Å². The molecule has 2 aromatic rings. The molecular weight excluding hydrogens is 442 g/mol. The van der Waals surface area contributed by atoms with Crippen LogP contribution in [0.1, 0.15) is 39.2 Å². The first-order chi connectivity index (χ1) is 15.6. The quantitative estimate of drug-likeness (QED) is 0.636. The van der Waals surface area contributed by atoms with Crippen LogP contribution in [0.25, 0.3) is 0 Å². The van der Waals surface area contributed by atoms with Crippen LogP contribution in [0.3, 0.4) is 0 Å². The van der Waals surface area contributed by atoms with E-state index < -0.39 is 5.56 Å². The number of hydrogen-bond donors (Lipinski definition) is 2. The van der Waals surface area contributed by atoms with Gasteiger partial charge in [0.1, 0.15) is 11.6 Å². The summed E-state index contributed by atoms with van der Waals surface area (Å²) in [7, 11) is 3.71. The molecule has 3 fully saturated rings. The SMILES string of the molecule is C[C@H]1[C@H](Nc2cnn(CC(=O)NCc3ccnnc3N(C)C)c(=O)c2Cl)C[C@H]2C[C@@H]1C2(C)C. The van der Waals surface area contributed by atoms with Crippen LogP contribution in [-0.4, -0.2) is 46.0 Å². The van der Waals surface area contributed by atoms with Gasteiger partial charge < -0.3 is 15.5 Å². The maximum Gasteiger partial charge on any atom is 0.288 e. The molecule has 10 heteroatoms. The molecule has 0 aliphatic heterocycles. The number of carbonyl (C=O) groups excluding carboxylic acids is 1. The van der Waals surface area contributed by atoms with Crippen LogP contribution >= 0.6 is 11.6 Å². The molecule has 1 amide bonds. The molecule has 2 aromatic heterocycles. The van der Waals surface area contributed by atoms with Crippen molar-refractivity contribution in [2.24, 2.45) is 23.2 Å². The van der Waals surface area contributed by atoms with Gasteiger partial charge >= 0.3 is 0 Å². The Bertz CT molecular complexity index is 1100. The summed E-state index contributed by atoms with van der Waals surface area (Å²) in [6, 6.07) is 2.06. The van der Waals surface area contributed by atoms with E-state index in [4.69, 9.17) is 11.6 Å². The van der Waals surface area contributed by atoms with E-state index in [1.807, 2.05) is 19.0 Å². The highest BCUT2D eigenvalue weighted by atomic mass is 35.5. The predicted octanol–water partition coefficient (Wildman–Crippen LogP) is 2.55. The maximum atomic E-state index is 12.8. The number of anilines is 2. The van der Waals surface area contributed by atoms with Gasteiger partial charge in [-0.25, -0.2) is 4.68 Å². The van der Waals surface area contributed by atoms with Crippen molar-refractivity contribution >= 4 is 29.0 Å². The van der Waals surface area contributed by atoms with Crippen molar-refractivity contribution in [1.82, 2.24) is 25.3 Å². The molecule has 0 saturated heterocycles. The van der Waals surface area contributed by atoms with Crippen LogP contribution in [-0.2, 0) is 17.9 Å². The number of hydrogen-bond acceptors (Lipinski definition) is 7. The van der Waals surface area contributed by atoms with Crippen LogP contribution < -0.4 is 21.1 Å². The van der Waals surface area contributed by atoms with E-state index in [-0.39, 0.29) is 30.1 Å². The lowest BCUT2D eigenvalue weighted by atomic mass is 9.45. The molecule has 5 rings (SSSR count). The average molecular weight is 474 g/mol. The van der Waals surface area contributed by atoms with Gasteiger partial charge in [-0.1, -0.05) is 32.4 Å². The van der Waals surface area contributed by atoms with Gasteiger partial charge in [0.2, 0.25) is 5.91 Å². The Labute approximate surface area is 198 Å². The summed E-state index contributed by atoms with van der Waals surface area (Å²) < 4.78 is 1.09. The number of halogens is 1. The first-order valence-corrected chi connectivity index (χ1v) is 11.7. The fourth-order valence-electron chi connectivity index (χ4n) is 5.47. The van der Waals surface area contributed by atoms with Gasteiger partial charge in [-0.15, -0.1) is 5.10 Å². The van der Waals surface area contributed by atoms with E-state index in [9.17, 15) is 9.59 Å². The van der Waals surface area contributed by atoms with Crippen LogP contribution in [0.5, 0.6) is 0 Å². The molecule has 0 spiro atoms. The van der Waals surface area contributed by atoms with Crippen molar-refractivity contribution in [3.05, 3.63) is 39.4 Å². The lowest BCUT2D eigenvalue weighted by molar-refractivity contribution is -0.122. The zero-order valence-corrected chi connectivity index (χ0v) is 20.6. The monoisotopic (exact) mass is 473 g/mol. The topological polar surface area (TPSA) is 105 Å². The standard InChI is InChI=1S/C23H32ClN7O2/c1-13-16-8-15(23(16,2)3)9-17(13)28-18-11-27-31(22(33)20(18)24)12-19(32)25-10-14-6-7-26-29-21(14)30(4)5/h6-7,11,13,15-17,28H,8-10,12H2,1-5H3,(H,25,32)/t13-,15-,16+,17-/m1/s1. The van der Waals surface area contributed by atoms with Crippen LogP contribution in [0.4, 0.5) is 11.5 Å². The summed E-state index contributed by atoms with van der Waals surface area (Å²) in [5, 5.41) is 18.5. The lowest BCUT2D eigenvalue weighted by Gasteiger charge is -2.62. The summed E-state index contributed by atoms with van der Waals surface area (Å²) in [6.07, 6.45) is 5.46. The number of carbonyl (C=O) groups is 1. The van der Waals surface area contributed by atoms with E-state index >= 15 is 0 Å². The molecule has 178 valence electrons. The van der Waals surface area contributed by atoms with Gasteiger partial charge in [0.05, 0.1) is 18.1 Å². The number of amides is 1. The van der Waals surface area contributed by atoms with Crippen molar-refractivity contribution in [3.63, 3.8) is 0 Å². The van der Waals surface area contributed by atoms with E-state index in [0.717, 1.165) is 16.7 Å². The molecule has 2 N–H and O–H groups in total. The zero-order chi connectivity index (χ0) is 23.9. The molecule has 0 radical (unpaired) electrons. The third-order valence-electron chi connectivity index (χ3n) is 7.65. The lowest BCUT2D eigenvalue weighted by Crippen LogP contribution is -2.58. The predicted molar refractivity (Wildman–Crippen MR) is 128 cm³/mol. The summed E-state index contributed by atoms with van der Waals surface area (Å²) in [5.41, 5.74) is 1.26. The van der Waals surface area contributed by atoms with E-state index in [0.29, 0.717) is 34.7 Å². The van der Waals surface area contributed by atoms with E-state index in [2.05, 4.69) is 46.7 Å². The Kier molecular flexibility index (Phi) is 6.35. The number of fused-ring (bicyclic) bond motifs is 2. The fourth-order valence-corrected chi connectivity index (χ4v) is 5.67. The largest absolute Gasteiger partial charge is 0.379 e. The van der Waals surface area contributed by atoms with E-state index in [1.165, 1.54) is 6.42 Å². The second-order valence-corrected chi connectivity index (χ2v) is 10.5. The van der Waals surface area contributed by atoms with Gasteiger partial charge in [-0.05, 0) is 42.1 Å². The Morgan fingerprint density at radius 1 is 1.33 bits per heavy atom. The molecule has 4 atom stereocenters. The second kappa shape index (κ2) is 8.93. The summed E-state index contributed by atoms with van der Waals surface area (Å²) in [6.45, 7) is 7.03. The van der Waals surface area contributed by atoms with Gasteiger partial charge in [-0.3, -0.25) is 9.59 Å². The third kappa shape index (κ3) is 4.43. The van der Waals surface area contributed by atoms with E-state index in [1.54, 1.807) is 18.5 Å². The van der Waals surface area contributed by atoms with Gasteiger partial charge in [0, 0.05) is 32.2 Å². The molecule has 3 aliphatic carbocycles. The van der Waals surface area contributed by atoms with Crippen molar-refractivity contribution in [2.45, 2.75) is 52.7 Å². The molecule has 0 aromatic carbocycles. The minimum Gasteiger partial charge on any atom is -0.379 e. The second-order valence-electron chi connectivity index (χ2n) is 10.1. The summed E-state index contributed by atoms with van der Waals surface area (Å²) in [5.74, 6) is 2.18. The summed E-state index contributed by atoms with van der Waals surface area (Å²) in [4.78, 5) is 27.0. The molecule has 9 nitrogen and oxygen atoms in total. The highest BCUT2D eigenvalue weighted by molar-refractivity contribution is 6.32. The molecule has 2 heterocycles. The minimum absolute atomic E-state index is 0.0664. The average Bonchev–Trinajstić information content (AvgIpc) is 2.78. The molecule has 2 bridgehead atoms. The smallest absolute Gasteiger partial charge is 0.288 e. The Morgan fingerprint density at radius 2 is 2.09 bits per heavy atom. The fraction of sp³-hybridized carbons (Fsp3) is 0.609. The van der Waals surface area contributed by atoms with Crippen LogP contribution in [0.15, 0.2) is 23.3 Å². The van der Waals surface area contributed by atoms with Gasteiger partial charge in [-0.2, -0.15) is 10.2 Å². The van der Waals surface area contributed by atoms with Gasteiger partial charge in [0.25, 0.3) is 5.56 Å². The first-order valence-electron chi connectivity index (χ1n) is 11.4. The van der Waals surface area contributed by atoms with Gasteiger partial charge in [0.15, 0.2) is 5.82 Å². The van der Waals surface area contributed by atoms with Crippen molar-refractivity contribution in [3.8, 4) is 0 Å². The number of nitrogens with one attached hydrogen (secondary N) is 2. The number of nitrogens with zero attached hydrogens (tertiary/aromatic N) is 5. The Morgan fingerprint density at radius 3 is 2.76 bits per heavy atom. The first kappa shape index (κ1) is 23.5.